The molecule has 1 aromatic carbocycles. The molecule has 0 aliphatic rings. The average molecular weight is 311 g/mol. The third kappa shape index (κ3) is 6.74. The number of rotatable bonds is 8. The van der Waals surface area contributed by atoms with E-state index in [9.17, 15) is 5.11 Å². The van der Waals surface area contributed by atoms with Gasteiger partial charge < -0.3 is 14.3 Å². The van der Waals surface area contributed by atoms with Crippen molar-refractivity contribution in [2.75, 3.05) is 13.2 Å². The average Bonchev–Trinajstić information content (AvgIpc) is 2.38. The Morgan fingerprint density at radius 1 is 1.14 bits per heavy atom. The van der Waals surface area contributed by atoms with Crippen molar-refractivity contribution < 1.29 is 14.3 Å². The van der Waals surface area contributed by atoms with Crippen molar-refractivity contribution in [2.45, 2.75) is 58.0 Å². The Kier molecular flexibility index (Phi) is 7.07. The Labute approximate surface area is 130 Å². The number of ether oxygens (including phenoxy) is 1. The molecule has 0 saturated carbocycles. The molecule has 0 fully saturated rings. The molecule has 0 radical (unpaired) electrons. The Morgan fingerprint density at radius 2 is 1.76 bits per heavy atom. The number of hydrogen-bond acceptors (Lipinski definition) is 3. The summed E-state index contributed by atoms with van der Waals surface area (Å²) in [6, 6.07) is 10.0. The summed E-state index contributed by atoms with van der Waals surface area (Å²) in [7, 11) is -1.71. The van der Waals surface area contributed by atoms with E-state index in [4.69, 9.17) is 9.16 Å². The van der Waals surface area contributed by atoms with E-state index in [-0.39, 0.29) is 5.04 Å². The van der Waals surface area contributed by atoms with Crippen LogP contribution >= 0.6 is 0 Å². The SMILES string of the molecule is CC(C)(C)[Si](C)(C)OCCC(O)COCc1ccccc1. The summed E-state index contributed by atoms with van der Waals surface area (Å²) in [5.74, 6) is 0. The van der Waals surface area contributed by atoms with E-state index in [2.05, 4.69) is 33.9 Å². The summed E-state index contributed by atoms with van der Waals surface area (Å²) < 4.78 is 11.6. The highest BCUT2D eigenvalue weighted by Crippen LogP contribution is 2.36. The summed E-state index contributed by atoms with van der Waals surface area (Å²) in [5, 5.41) is 10.1. The summed E-state index contributed by atoms with van der Waals surface area (Å²) in [4.78, 5) is 0. The molecule has 0 saturated heterocycles. The van der Waals surface area contributed by atoms with E-state index in [0.717, 1.165) is 5.56 Å². The largest absolute Gasteiger partial charge is 0.417 e. The second-order valence-electron chi connectivity index (χ2n) is 7.05. The zero-order valence-corrected chi connectivity index (χ0v) is 15.1. The Balaban J connectivity index is 2.18. The van der Waals surface area contributed by atoms with Crippen molar-refractivity contribution in [2.24, 2.45) is 0 Å². The first kappa shape index (κ1) is 18.4. The van der Waals surface area contributed by atoms with Crippen molar-refractivity contribution >= 4 is 8.32 Å². The van der Waals surface area contributed by atoms with E-state index >= 15 is 0 Å². The van der Waals surface area contributed by atoms with Crippen LogP contribution in [0.4, 0.5) is 0 Å². The predicted octanol–water partition coefficient (Wildman–Crippen LogP) is 3.98. The molecule has 1 unspecified atom stereocenters. The second kappa shape index (κ2) is 8.08. The van der Waals surface area contributed by atoms with Gasteiger partial charge in [-0.15, -0.1) is 0 Å². The van der Waals surface area contributed by atoms with E-state index in [1.165, 1.54) is 0 Å². The van der Waals surface area contributed by atoms with Gasteiger partial charge in [0.25, 0.3) is 0 Å². The first-order valence-corrected chi connectivity index (χ1v) is 10.6. The quantitative estimate of drug-likeness (QED) is 0.738. The van der Waals surface area contributed by atoms with Crippen molar-refractivity contribution in [1.29, 1.82) is 0 Å². The fourth-order valence-corrected chi connectivity index (χ4v) is 2.70. The van der Waals surface area contributed by atoms with Crippen LogP contribution in [0.1, 0.15) is 32.8 Å². The second-order valence-corrected chi connectivity index (χ2v) is 11.9. The lowest BCUT2D eigenvalue weighted by Gasteiger charge is -2.36. The van der Waals surface area contributed by atoms with Crippen LogP contribution in [0, 0.1) is 0 Å². The van der Waals surface area contributed by atoms with Gasteiger partial charge in [0.2, 0.25) is 0 Å². The molecule has 4 heteroatoms. The first-order valence-electron chi connectivity index (χ1n) is 7.66. The number of hydrogen-bond donors (Lipinski definition) is 1. The van der Waals surface area contributed by atoms with Gasteiger partial charge in [0.15, 0.2) is 8.32 Å². The van der Waals surface area contributed by atoms with Crippen molar-refractivity contribution in [3.05, 3.63) is 35.9 Å². The summed E-state index contributed by atoms with van der Waals surface area (Å²) in [5.41, 5.74) is 1.13. The molecule has 0 amide bonds. The van der Waals surface area contributed by atoms with Gasteiger partial charge >= 0.3 is 0 Å². The normalized spacial score (nSPS) is 14.2. The van der Waals surface area contributed by atoms with Crippen LogP contribution in [0.25, 0.3) is 0 Å². The Bertz CT molecular complexity index is 398. The minimum absolute atomic E-state index is 0.210. The minimum Gasteiger partial charge on any atom is -0.417 e. The van der Waals surface area contributed by atoms with E-state index in [0.29, 0.717) is 26.2 Å². The van der Waals surface area contributed by atoms with Gasteiger partial charge in [-0.3, -0.25) is 0 Å². The number of benzene rings is 1. The Morgan fingerprint density at radius 3 is 2.33 bits per heavy atom. The van der Waals surface area contributed by atoms with Gasteiger partial charge in [0, 0.05) is 6.61 Å². The van der Waals surface area contributed by atoms with Crippen molar-refractivity contribution in [3.63, 3.8) is 0 Å². The lowest BCUT2D eigenvalue weighted by molar-refractivity contribution is 0.0176. The van der Waals surface area contributed by atoms with Gasteiger partial charge in [-0.1, -0.05) is 51.1 Å². The third-order valence-corrected chi connectivity index (χ3v) is 8.68. The highest BCUT2D eigenvalue weighted by Gasteiger charge is 2.36. The standard InChI is InChI=1S/C17H30O3Si/c1-17(2,3)21(4,5)20-12-11-16(18)14-19-13-15-9-7-6-8-10-15/h6-10,16,18H,11-14H2,1-5H3. The van der Waals surface area contributed by atoms with Gasteiger partial charge in [-0.05, 0) is 30.1 Å². The van der Waals surface area contributed by atoms with Crippen LogP contribution in [-0.4, -0.2) is 32.7 Å². The third-order valence-electron chi connectivity index (χ3n) is 4.14. The van der Waals surface area contributed by atoms with Gasteiger partial charge in [-0.2, -0.15) is 0 Å². The molecule has 1 N–H and O–H groups in total. The number of aliphatic hydroxyl groups is 1. The van der Waals surface area contributed by atoms with Gasteiger partial charge in [0.05, 0.1) is 19.3 Å². The summed E-state index contributed by atoms with van der Waals surface area (Å²) in [6.45, 7) is 12.6. The highest BCUT2D eigenvalue weighted by molar-refractivity contribution is 6.74. The molecule has 0 bridgehead atoms. The molecule has 0 aliphatic heterocycles. The summed E-state index contributed by atoms with van der Waals surface area (Å²) in [6.07, 6.45) is 0.167. The van der Waals surface area contributed by atoms with E-state index in [1.54, 1.807) is 0 Å². The molecule has 1 rings (SSSR count). The highest BCUT2D eigenvalue weighted by atomic mass is 28.4. The number of aliphatic hydroxyl groups excluding tert-OH is 1. The molecule has 0 heterocycles. The minimum atomic E-state index is -1.71. The van der Waals surface area contributed by atoms with Crippen LogP contribution in [0.15, 0.2) is 30.3 Å². The Hall–Kier alpha value is -0.683. The molecular formula is C17H30O3Si. The molecule has 3 nitrogen and oxygen atoms in total. The first-order chi connectivity index (χ1) is 9.72. The van der Waals surface area contributed by atoms with Crippen LogP contribution in [0.5, 0.6) is 0 Å². The van der Waals surface area contributed by atoms with Crippen LogP contribution in [-0.2, 0) is 15.8 Å². The molecule has 1 aromatic rings. The van der Waals surface area contributed by atoms with Gasteiger partial charge in [-0.25, -0.2) is 0 Å². The lowest BCUT2D eigenvalue weighted by atomic mass is 10.2. The van der Waals surface area contributed by atoms with Gasteiger partial charge in [0.1, 0.15) is 0 Å². The molecule has 0 aromatic heterocycles. The zero-order chi connectivity index (χ0) is 15.9. The fraction of sp³-hybridized carbons (Fsp3) is 0.647. The van der Waals surface area contributed by atoms with Crippen LogP contribution in [0.3, 0.4) is 0 Å². The van der Waals surface area contributed by atoms with E-state index in [1.807, 2.05) is 30.3 Å². The molecular weight excluding hydrogens is 280 g/mol. The molecule has 1 atom stereocenters. The molecule has 0 aliphatic carbocycles. The summed E-state index contributed by atoms with van der Waals surface area (Å²) >= 11 is 0. The van der Waals surface area contributed by atoms with Crippen LogP contribution in [0.2, 0.25) is 18.1 Å². The van der Waals surface area contributed by atoms with E-state index < -0.39 is 14.4 Å². The van der Waals surface area contributed by atoms with Crippen molar-refractivity contribution in [1.82, 2.24) is 0 Å². The maximum absolute atomic E-state index is 9.94. The maximum atomic E-state index is 9.94. The van der Waals surface area contributed by atoms with Crippen LogP contribution < -0.4 is 0 Å². The zero-order valence-electron chi connectivity index (χ0n) is 14.1. The maximum Gasteiger partial charge on any atom is 0.191 e. The fourth-order valence-electron chi connectivity index (χ4n) is 1.64. The predicted molar refractivity (Wildman–Crippen MR) is 89.9 cm³/mol. The molecule has 21 heavy (non-hydrogen) atoms. The lowest BCUT2D eigenvalue weighted by Crippen LogP contribution is -2.41. The molecule has 120 valence electrons. The molecule has 0 spiro atoms. The topological polar surface area (TPSA) is 38.7 Å². The van der Waals surface area contributed by atoms with Crippen molar-refractivity contribution in [3.8, 4) is 0 Å². The monoisotopic (exact) mass is 310 g/mol. The smallest absolute Gasteiger partial charge is 0.191 e.